The van der Waals surface area contributed by atoms with Gasteiger partial charge in [0.1, 0.15) is 5.00 Å². The Bertz CT molecular complexity index is 695. The summed E-state index contributed by atoms with van der Waals surface area (Å²) in [5.74, 6) is 0.253. The fourth-order valence-corrected chi connectivity index (χ4v) is 5.25. The fourth-order valence-electron chi connectivity index (χ4n) is 3.85. The molecule has 0 bridgehead atoms. The zero-order valence-corrected chi connectivity index (χ0v) is 17.7. The highest BCUT2D eigenvalue weighted by Gasteiger charge is 2.31. The SMILES string of the molecule is CCOC(=O)c1c(NC(=O)[C@H](C)N2CCN(C)CC2)sc2c1CC[C@H](C)C2. The van der Waals surface area contributed by atoms with Gasteiger partial charge in [0, 0.05) is 31.1 Å². The molecule has 1 amide bonds. The predicted octanol–water partition coefficient (Wildman–Crippen LogP) is 2.62. The number of nitrogens with zero attached hydrogens (tertiary/aromatic N) is 2. The van der Waals surface area contributed by atoms with Crippen molar-refractivity contribution in [2.75, 3.05) is 45.2 Å². The van der Waals surface area contributed by atoms with Crippen LogP contribution < -0.4 is 5.32 Å². The lowest BCUT2D eigenvalue weighted by molar-refractivity contribution is -0.121. The summed E-state index contributed by atoms with van der Waals surface area (Å²) in [5, 5.41) is 3.72. The number of thiophene rings is 1. The lowest BCUT2D eigenvalue weighted by Crippen LogP contribution is -2.51. The summed E-state index contributed by atoms with van der Waals surface area (Å²) in [6.45, 7) is 10.0. The van der Waals surface area contributed by atoms with Crippen LogP contribution >= 0.6 is 11.3 Å². The largest absolute Gasteiger partial charge is 0.462 e. The van der Waals surface area contributed by atoms with E-state index in [0.717, 1.165) is 51.0 Å². The van der Waals surface area contributed by atoms with Crippen LogP contribution in [0.3, 0.4) is 0 Å². The molecule has 0 radical (unpaired) electrons. The maximum atomic E-state index is 12.9. The number of hydrogen-bond acceptors (Lipinski definition) is 6. The number of likely N-dealkylation sites (N-methyl/N-ethyl adjacent to an activating group) is 1. The summed E-state index contributed by atoms with van der Waals surface area (Å²) < 4.78 is 5.29. The Morgan fingerprint density at radius 2 is 2.00 bits per heavy atom. The number of rotatable bonds is 5. The second-order valence-corrected chi connectivity index (χ2v) is 8.89. The molecule has 2 heterocycles. The normalized spacial score (nSPS) is 22.1. The van der Waals surface area contributed by atoms with Crippen LogP contribution in [0, 0.1) is 5.92 Å². The highest BCUT2D eigenvalue weighted by Crippen LogP contribution is 2.40. The van der Waals surface area contributed by atoms with Gasteiger partial charge < -0.3 is 15.0 Å². The first-order valence-electron chi connectivity index (χ1n) is 9.95. The maximum Gasteiger partial charge on any atom is 0.341 e. The third-order valence-electron chi connectivity index (χ3n) is 5.69. The van der Waals surface area contributed by atoms with Crippen molar-refractivity contribution in [2.24, 2.45) is 5.92 Å². The minimum Gasteiger partial charge on any atom is -0.462 e. The van der Waals surface area contributed by atoms with E-state index >= 15 is 0 Å². The van der Waals surface area contributed by atoms with Crippen molar-refractivity contribution < 1.29 is 14.3 Å². The smallest absolute Gasteiger partial charge is 0.341 e. The molecule has 2 aliphatic rings. The number of ether oxygens (including phenoxy) is 1. The van der Waals surface area contributed by atoms with Gasteiger partial charge in [-0.25, -0.2) is 4.79 Å². The molecule has 1 aromatic heterocycles. The van der Waals surface area contributed by atoms with Crippen LogP contribution in [-0.2, 0) is 22.4 Å². The summed E-state index contributed by atoms with van der Waals surface area (Å²) in [5.41, 5.74) is 1.67. The Morgan fingerprint density at radius 3 is 2.67 bits per heavy atom. The number of anilines is 1. The van der Waals surface area contributed by atoms with Gasteiger partial charge >= 0.3 is 5.97 Å². The van der Waals surface area contributed by atoms with Crippen molar-refractivity contribution in [2.45, 2.75) is 46.1 Å². The Labute approximate surface area is 165 Å². The van der Waals surface area contributed by atoms with Crippen molar-refractivity contribution in [3.63, 3.8) is 0 Å². The second kappa shape index (κ2) is 8.71. The fraction of sp³-hybridized carbons (Fsp3) is 0.700. The first kappa shape index (κ1) is 20.3. The molecule has 2 atom stereocenters. The van der Waals surface area contributed by atoms with Gasteiger partial charge in [-0.2, -0.15) is 0 Å². The number of carbonyl (C=O) groups is 2. The molecule has 27 heavy (non-hydrogen) atoms. The molecule has 1 N–H and O–H groups in total. The van der Waals surface area contributed by atoms with Gasteiger partial charge in [-0.05, 0) is 51.6 Å². The van der Waals surface area contributed by atoms with E-state index in [1.807, 2.05) is 13.8 Å². The minimum absolute atomic E-state index is 0.0447. The number of esters is 1. The van der Waals surface area contributed by atoms with Crippen LogP contribution in [0.25, 0.3) is 0 Å². The molecule has 0 spiro atoms. The van der Waals surface area contributed by atoms with E-state index in [9.17, 15) is 9.59 Å². The Kier molecular flexibility index (Phi) is 6.55. The van der Waals surface area contributed by atoms with Crippen molar-refractivity contribution in [3.05, 3.63) is 16.0 Å². The maximum absolute atomic E-state index is 12.9. The zero-order chi connectivity index (χ0) is 19.6. The molecule has 7 heteroatoms. The van der Waals surface area contributed by atoms with Gasteiger partial charge in [-0.1, -0.05) is 6.92 Å². The second-order valence-electron chi connectivity index (χ2n) is 7.78. The molecular weight excluding hydrogens is 362 g/mol. The summed E-state index contributed by atoms with van der Waals surface area (Å²) in [6.07, 6.45) is 2.92. The molecule has 150 valence electrons. The van der Waals surface area contributed by atoms with E-state index in [2.05, 4.69) is 29.1 Å². The molecule has 1 saturated heterocycles. The van der Waals surface area contributed by atoms with Crippen LogP contribution in [0.15, 0.2) is 0 Å². The average molecular weight is 394 g/mol. The minimum atomic E-state index is -0.313. The number of hydrogen-bond donors (Lipinski definition) is 1. The summed E-state index contributed by atoms with van der Waals surface area (Å²) in [7, 11) is 2.10. The number of amides is 1. The lowest BCUT2D eigenvalue weighted by Gasteiger charge is -2.35. The van der Waals surface area contributed by atoms with Crippen LogP contribution in [-0.4, -0.2) is 67.6 Å². The number of fused-ring (bicyclic) bond motifs is 1. The van der Waals surface area contributed by atoms with E-state index in [4.69, 9.17) is 4.74 Å². The van der Waals surface area contributed by atoms with E-state index in [-0.39, 0.29) is 17.9 Å². The standard InChI is InChI=1S/C20H31N3O3S/c1-5-26-20(25)17-15-7-6-13(2)12-16(15)27-19(17)21-18(24)14(3)23-10-8-22(4)9-11-23/h13-14H,5-12H2,1-4H3,(H,21,24)/t13-,14-/m0/s1. The van der Waals surface area contributed by atoms with Crippen LogP contribution in [0.4, 0.5) is 5.00 Å². The molecule has 0 saturated carbocycles. The zero-order valence-electron chi connectivity index (χ0n) is 16.8. The molecule has 1 aromatic rings. The lowest BCUT2D eigenvalue weighted by atomic mass is 9.88. The van der Waals surface area contributed by atoms with Crippen LogP contribution in [0.5, 0.6) is 0 Å². The molecule has 0 aromatic carbocycles. The molecule has 6 nitrogen and oxygen atoms in total. The van der Waals surface area contributed by atoms with Crippen molar-refractivity contribution in [1.82, 2.24) is 9.80 Å². The van der Waals surface area contributed by atoms with Crippen LogP contribution in [0.2, 0.25) is 0 Å². The quantitative estimate of drug-likeness (QED) is 0.779. The van der Waals surface area contributed by atoms with Crippen LogP contribution in [0.1, 0.15) is 48.0 Å². The van der Waals surface area contributed by atoms with Gasteiger partial charge in [0.05, 0.1) is 18.2 Å². The van der Waals surface area contributed by atoms with Gasteiger partial charge in [0.25, 0.3) is 0 Å². The molecular formula is C20H31N3O3S. The Balaban J connectivity index is 1.79. The molecule has 1 aliphatic heterocycles. The van der Waals surface area contributed by atoms with Crippen molar-refractivity contribution in [3.8, 4) is 0 Å². The topological polar surface area (TPSA) is 61.9 Å². The number of carbonyl (C=O) groups excluding carboxylic acids is 2. The molecule has 3 rings (SSSR count). The highest BCUT2D eigenvalue weighted by molar-refractivity contribution is 7.17. The van der Waals surface area contributed by atoms with Gasteiger partial charge in [0.2, 0.25) is 5.91 Å². The molecule has 1 fully saturated rings. The summed E-state index contributed by atoms with van der Waals surface area (Å²) in [4.78, 5) is 31.2. The molecule has 1 aliphatic carbocycles. The van der Waals surface area contributed by atoms with E-state index in [1.165, 1.54) is 4.88 Å². The van der Waals surface area contributed by atoms with Gasteiger partial charge in [-0.3, -0.25) is 9.69 Å². The first-order valence-corrected chi connectivity index (χ1v) is 10.8. The Hall–Kier alpha value is -1.44. The van der Waals surface area contributed by atoms with Crippen molar-refractivity contribution in [1.29, 1.82) is 0 Å². The first-order chi connectivity index (χ1) is 12.9. The number of nitrogens with one attached hydrogen (secondary N) is 1. The third-order valence-corrected chi connectivity index (χ3v) is 6.86. The summed E-state index contributed by atoms with van der Waals surface area (Å²) >= 11 is 1.55. The summed E-state index contributed by atoms with van der Waals surface area (Å²) in [6, 6.07) is -0.216. The van der Waals surface area contributed by atoms with E-state index < -0.39 is 0 Å². The third kappa shape index (κ3) is 4.52. The van der Waals surface area contributed by atoms with E-state index in [1.54, 1.807) is 11.3 Å². The number of piperazine rings is 1. The van der Waals surface area contributed by atoms with E-state index in [0.29, 0.717) is 23.1 Å². The molecule has 0 unspecified atom stereocenters. The average Bonchev–Trinajstić information content (AvgIpc) is 2.98. The van der Waals surface area contributed by atoms with Gasteiger partial charge in [-0.15, -0.1) is 11.3 Å². The predicted molar refractivity (Wildman–Crippen MR) is 109 cm³/mol. The highest BCUT2D eigenvalue weighted by atomic mass is 32.1. The monoisotopic (exact) mass is 393 g/mol. The Morgan fingerprint density at radius 1 is 1.30 bits per heavy atom. The van der Waals surface area contributed by atoms with Crippen molar-refractivity contribution >= 4 is 28.2 Å². The van der Waals surface area contributed by atoms with Gasteiger partial charge in [0.15, 0.2) is 0 Å².